The Morgan fingerprint density at radius 1 is 1.25 bits per heavy atom. The van der Waals surface area contributed by atoms with E-state index in [4.69, 9.17) is 0 Å². The molecule has 1 nitrogen and oxygen atoms in total. The van der Waals surface area contributed by atoms with Crippen LogP contribution in [0.4, 0.5) is 4.39 Å². The van der Waals surface area contributed by atoms with Crippen molar-refractivity contribution in [2.45, 2.75) is 18.2 Å². The van der Waals surface area contributed by atoms with Crippen LogP contribution in [0.2, 0.25) is 0 Å². The number of benzene rings is 2. The molecule has 1 atom stereocenters. The van der Waals surface area contributed by atoms with E-state index in [0.29, 0.717) is 5.56 Å². The molecule has 0 saturated carbocycles. The number of rotatable bonds is 3. The first-order chi connectivity index (χ1) is 9.63. The van der Waals surface area contributed by atoms with Gasteiger partial charge in [-0.05, 0) is 36.2 Å². The maximum Gasteiger partial charge on any atom is 0.126 e. The number of nitrogens with zero attached hydrogens (tertiary/aromatic N) is 1. The van der Waals surface area contributed by atoms with Gasteiger partial charge in [0.15, 0.2) is 0 Å². The highest BCUT2D eigenvalue weighted by Gasteiger charge is 2.13. The Hall–Kier alpha value is -1.26. The third-order valence-electron chi connectivity index (χ3n) is 3.24. The van der Waals surface area contributed by atoms with Gasteiger partial charge in [-0.1, -0.05) is 40.2 Å². The molecule has 20 heavy (non-hydrogen) atoms. The summed E-state index contributed by atoms with van der Waals surface area (Å²) in [5.41, 5.74) is 2.81. The van der Waals surface area contributed by atoms with Crippen LogP contribution >= 0.6 is 27.3 Å². The maximum atomic E-state index is 13.3. The molecular weight excluding hydrogens is 337 g/mol. The Labute approximate surface area is 129 Å². The number of hydrogen-bond donors (Lipinski definition) is 0. The Morgan fingerprint density at radius 3 is 2.80 bits per heavy atom. The second-order valence-electron chi connectivity index (χ2n) is 4.76. The molecule has 3 aromatic rings. The normalized spacial score (nSPS) is 12.8. The van der Waals surface area contributed by atoms with Gasteiger partial charge in [0.1, 0.15) is 5.82 Å². The highest BCUT2D eigenvalue weighted by Crippen LogP contribution is 2.31. The fourth-order valence-electron chi connectivity index (χ4n) is 2.14. The lowest BCUT2D eigenvalue weighted by atomic mass is 10.1. The summed E-state index contributed by atoms with van der Waals surface area (Å²) in [4.78, 5) is 4.79. The van der Waals surface area contributed by atoms with Gasteiger partial charge in [-0.15, -0.1) is 11.3 Å². The van der Waals surface area contributed by atoms with Crippen LogP contribution in [0.5, 0.6) is 0 Å². The number of halogens is 2. The molecule has 4 heteroatoms. The minimum absolute atomic E-state index is 0.155. The molecule has 0 aliphatic rings. The van der Waals surface area contributed by atoms with Gasteiger partial charge in [0.2, 0.25) is 0 Å². The molecule has 0 saturated heterocycles. The van der Waals surface area contributed by atoms with Crippen LogP contribution in [-0.4, -0.2) is 4.98 Å². The van der Waals surface area contributed by atoms with E-state index >= 15 is 0 Å². The fraction of sp³-hybridized carbons (Fsp3) is 0.188. The van der Waals surface area contributed by atoms with Crippen LogP contribution in [0, 0.1) is 12.7 Å². The molecular formula is C16H13BrFNS. The van der Waals surface area contributed by atoms with Gasteiger partial charge in [-0.2, -0.15) is 0 Å². The zero-order valence-corrected chi connectivity index (χ0v) is 13.3. The molecule has 0 aliphatic heterocycles. The average molecular weight is 350 g/mol. The zero-order valence-electron chi connectivity index (χ0n) is 10.9. The third-order valence-corrected chi connectivity index (χ3v) is 5.15. The Kier molecular flexibility index (Phi) is 3.85. The second kappa shape index (κ2) is 5.62. The maximum absolute atomic E-state index is 13.3. The first-order valence-electron chi connectivity index (χ1n) is 6.38. The largest absolute Gasteiger partial charge is 0.241 e. The summed E-state index contributed by atoms with van der Waals surface area (Å²) < 4.78 is 14.5. The molecule has 102 valence electrons. The first-order valence-corrected chi connectivity index (χ1v) is 8.11. The number of aromatic nitrogens is 1. The van der Waals surface area contributed by atoms with Gasteiger partial charge in [-0.25, -0.2) is 9.37 Å². The highest BCUT2D eigenvalue weighted by molar-refractivity contribution is 9.09. The summed E-state index contributed by atoms with van der Waals surface area (Å²) in [7, 11) is 0. The fourth-order valence-corrected chi connectivity index (χ4v) is 3.96. The predicted molar refractivity (Wildman–Crippen MR) is 86.1 cm³/mol. The number of hydrogen-bond acceptors (Lipinski definition) is 2. The SMILES string of the molecule is Cc1cc(C(Br)Cc2nc3ccccc3s2)ccc1F. The van der Waals surface area contributed by atoms with Crippen LogP contribution in [0.25, 0.3) is 10.2 Å². The third kappa shape index (κ3) is 2.76. The molecule has 1 aromatic heterocycles. The molecule has 0 fully saturated rings. The van der Waals surface area contributed by atoms with Crippen molar-refractivity contribution in [3.8, 4) is 0 Å². The van der Waals surface area contributed by atoms with Crippen LogP contribution < -0.4 is 0 Å². The van der Waals surface area contributed by atoms with Crippen molar-refractivity contribution in [3.63, 3.8) is 0 Å². The van der Waals surface area contributed by atoms with Crippen molar-refractivity contribution in [3.05, 3.63) is 64.4 Å². The van der Waals surface area contributed by atoms with Crippen molar-refractivity contribution in [1.82, 2.24) is 4.98 Å². The highest BCUT2D eigenvalue weighted by atomic mass is 79.9. The van der Waals surface area contributed by atoms with Crippen molar-refractivity contribution in [2.75, 3.05) is 0 Å². The van der Waals surface area contributed by atoms with Crippen LogP contribution in [0.3, 0.4) is 0 Å². The van der Waals surface area contributed by atoms with E-state index in [1.54, 1.807) is 18.3 Å². The predicted octanol–water partition coefficient (Wildman–Crippen LogP) is 5.42. The Bertz CT molecular complexity index is 720. The number of para-hydroxylation sites is 1. The molecule has 0 spiro atoms. The molecule has 1 unspecified atom stereocenters. The number of aryl methyl sites for hydroxylation is 1. The van der Waals surface area contributed by atoms with Crippen molar-refractivity contribution >= 4 is 37.5 Å². The quantitative estimate of drug-likeness (QED) is 0.575. The van der Waals surface area contributed by atoms with E-state index < -0.39 is 0 Å². The van der Waals surface area contributed by atoms with Crippen LogP contribution in [0.15, 0.2) is 42.5 Å². The smallest absolute Gasteiger partial charge is 0.126 e. The first kappa shape index (κ1) is 13.7. The molecule has 0 aliphatic carbocycles. The van der Waals surface area contributed by atoms with E-state index in [1.807, 2.05) is 30.3 Å². The van der Waals surface area contributed by atoms with E-state index in [-0.39, 0.29) is 10.6 Å². The molecule has 0 radical (unpaired) electrons. The Morgan fingerprint density at radius 2 is 2.05 bits per heavy atom. The number of thiazole rings is 1. The summed E-state index contributed by atoms with van der Waals surface area (Å²) in [5.74, 6) is -0.159. The lowest BCUT2D eigenvalue weighted by molar-refractivity contribution is 0.617. The van der Waals surface area contributed by atoms with Gasteiger partial charge in [0, 0.05) is 11.2 Å². The minimum Gasteiger partial charge on any atom is -0.241 e. The number of fused-ring (bicyclic) bond motifs is 1. The summed E-state index contributed by atoms with van der Waals surface area (Å²) in [6.45, 7) is 1.79. The summed E-state index contributed by atoms with van der Waals surface area (Å²) in [6, 6.07) is 13.4. The summed E-state index contributed by atoms with van der Waals surface area (Å²) in [5, 5.41) is 1.09. The van der Waals surface area contributed by atoms with Gasteiger partial charge in [0.05, 0.1) is 15.2 Å². The molecule has 0 amide bonds. The van der Waals surface area contributed by atoms with Gasteiger partial charge >= 0.3 is 0 Å². The van der Waals surface area contributed by atoms with Gasteiger partial charge in [0.25, 0.3) is 0 Å². The monoisotopic (exact) mass is 349 g/mol. The van der Waals surface area contributed by atoms with Crippen molar-refractivity contribution < 1.29 is 4.39 Å². The van der Waals surface area contributed by atoms with E-state index in [0.717, 1.165) is 22.5 Å². The van der Waals surface area contributed by atoms with Crippen molar-refractivity contribution in [2.24, 2.45) is 0 Å². The summed E-state index contributed by atoms with van der Waals surface area (Å²) >= 11 is 5.40. The van der Waals surface area contributed by atoms with Gasteiger partial charge < -0.3 is 0 Å². The Balaban J connectivity index is 1.84. The second-order valence-corrected chi connectivity index (χ2v) is 6.98. The minimum atomic E-state index is -0.159. The lowest BCUT2D eigenvalue weighted by Gasteiger charge is -2.09. The average Bonchev–Trinajstić information content (AvgIpc) is 2.83. The molecule has 0 N–H and O–H groups in total. The lowest BCUT2D eigenvalue weighted by Crippen LogP contribution is -1.96. The zero-order chi connectivity index (χ0) is 14.1. The molecule has 1 heterocycles. The van der Waals surface area contributed by atoms with E-state index in [2.05, 4.69) is 27.0 Å². The molecule has 0 bridgehead atoms. The van der Waals surface area contributed by atoms with E-state index in [1.165, 1.54) is 10.8 Å². The van der Waals surface area contributed by atoms with Crippen LogP contribution in [0.1, 0.15) is 21.0 Å². The topological polar surface area (TPSA) is 12.9 Å². The van der Waals surface area contributed by atoms with Gasteiger partial charge in [-0.3, -0.25) is 0 Å². The molecule has 2 aromatic carbocycles. The standard InChI is InChI=1S/C16H13BrFNS/c1-10-8-11(6-7-13(10)18)12(17)9-16-19-14-4-2-3-5-15(14)20-16/h2-8,12H,9H2,1H3. The molecule has 3 rings (SSSR count). The van der Waals surface area contributed by atoms with Crippen molar-refractivity contribution in [1.29, 1.82) is 0 Å². The summed E-state index contributed by atoms with van der Waals surface area (Å²) in [6.07, 6.45) is 0.810. The van der Waals surface area contributed by atoms with Crippen LogP contribution in [-0.2, 0) is 6.42 Å². The van der Waals surface area contributed by atoms with E-state index in [9.17, 15) is 4.39 Å². The number of alkyl halides is 1.